The molecule has 1 aliphatic rings. The SMILES string of the molecule is COc1cccc(-c2c(/C=C/c3ccc4c(C(=O)O)cccc4n3)nc3c(N4CCOCC4)ccnn23)c1.[NaH]. The van der Waals surface area contributed by atoms with Crippen LogP contribution in [0.15, 0.2) is 66.9 Å². The van der Waals surface area contributed by atoms with Crippen molar-refractivity contribution in [2.24, 2.45) is 0 Å². The van der Waals surface area contributed by atoms with E-state index < -0.39 is 5.97 Å². The number of carboxylic acid groups (broad SMARTS) is 1. The number of carboxylic acids is 1. The number of aromatic carboxylic acids is 1. The van der Waals surface area contributed by atoms with Crippen LogP contribution in [0.5, 0.6) is 5.75 Å². The van der Waals surface area contributed by atoms with Crippen molar-refractivity contribution in [2.45, 2.75) is 0 Å². The number of pyridine rings is 1. The summed E-state index contributed by atoms with van der Waals surface area (Å²) in [6, 6.07) is 18.5. The van der Waals surface area contributed by atoms with E-state index in [2.05, 4.69) is 15.0 Å². The van der Waals surface area contributed by atoms with Gasteiger partial charge in [-0.2, -0.15) is 5.10 Å². The molecule has 1 saturated heterocycles. The number of imidazole rings is 1. The van der Waals surface area contributed by atoms with E-state index in [1.807, 2.05) is 59.1 Å². The van der Waals surface area contributed by atoms with Crippen molar-refractivity contribution >= 4 is 69.9 Å². The Labute approximate surface area is 247 Å². The standard InChI is InChI=1S/C29H25N5O4.Na.H/c1-37-21-5-2-4-19(18-21)27-25(32-28-26(12-13-30-34(27)28)33-14-16-38-17-15-33)11-9-20-8-10-22-23(29(35)36)6-3-7-24(22)31-20;;/h2-13,18H,14-17H2,1H3,(H,35,36);;/b11-9+;;. The van der Waals surface area contributed by atoms with Crippen molar-refractivity contribution in [2.75, 3.05) is 38.3 Å². The van der Waals surface area contributed by atoms with Crippen molar-refractivity contribution in [1.29, 1.82) is 0 Å². The summed E-state index contributed by atoms with van der Waals surface area (Å²) in [6.07, 6.45) is 5.59. The number of anilines is 1. The van der Waals surface area contributed by atoms with Gasteiger partial charge in [-0.05, 0) is 54.6 Å². The second kappa shape index (κ2) is 11.5. The summed E-state index contributed by atoms with van der Waals surface area (Å²) in [5.74, 6) is -0.237. The molecule has 0 atom stereocenters. The third-order valence-electron chi connectivity index (χ3n) is 6.62. The molecule has 9 nitrogen and oxygen atoms in total. The van der Waals surface area contributed by atoms with Gasteiger partial charge in [-0.15, -0.1) is 0 Å². The number of hydrogen-bond donors (Lipinski definition) is 1. The van der Waals surface area contributed by atoms with E-state index in [-0.39, 0.29) is 35.1 Å². The van der Waals surface area contributed by atoms with Crippen LogP contribution in [0.3, 0.4) is 0 Å². The van der Waals surface area contributed by atoms with Gasteiger partial charge in [0.25, 0.3) is 0 Å². The first-order valence-electron chi connectivity index (χ1n) is 12.3. The Morgan fingerprint density at radius 3 is 2.64 bits per heavy atom. The van der Waals surface area contributed by atoms with Crippen LogP contribution in [0.25, 0.3) is 40.0 Å². The molecule has 1 fully saturated rings. The minimum atomic E-state index is -0.975. The molecule has 0 spiro atoms. The van der Waals surface area contributed by atoms with Gasteiger partial charge in [0, 0.05) is 24.0 Å². The molecule has 39 heavy (non-hydrogen) atoms. The third kappa shape index (κ3) is 5.26. The number of ether oxygens (including phenoxy) is 2. The van der Waals surface area contributed by atoms with Gasteiger partial charge in [-0.3, -0.25) is 0 Å². The summed E-state index contributed by atoms with van der Waals surface area (Å²) in [5.41, 5.74) is 5.77. The number of methoxy groups -OCH3 is 1. The topological polar surface area (TPSA) is 102 Å². The molecule has 0 radical (unpaired) electrons. The number of nitrogens with zero attached hydrogens (tertiary/aromatic N) is 5. The van der Waals surface area contributed by atoms with Gasteiger partial charge in [0.2, 0.25) is 0 Å². The minimum absolute atomic E-state index is 0. The molecule has 1 N–H and O–H groups in total. The number of benzene rings is 2. The van der Waals surface area contributed by atoms with Gasteiger partial charge in [0.1, 0.15) is 11.4 Å². The molecular weight excluding hydrogens is 505 g/mol. The van der Waals surface area contributed by atoms with Crippen LogP contribution in [-0.4, -0.2) is 93.6 Å². The van der Waals surface area contributed by atoms with Crippen molar-refractivity contribution in [3.8, 4) is 17.0 Å². The molecule has 0 saturated carbocycles. The summed E-state index contributed by atoms with van der Waals surface area (Å²) in [6.45, 7) is 2.90. The first kappa shape index (κ1) is 26.8. The van der Waals surface area contributed by atoms with E-state index in [1.165, 1.54) is 0 Å². The van der Waals surface area contributed by atoms with Gasteiger partial charge in [0.05, 0.1) is 54.7 Å². The second-order valence-electron chi connectivity index (χ2n) is 8.88. The molecule has 4 heterocycles. The number of morpholine rings is 1. The quantitative estimate of drug-likeness (QED) is 0.328. The van der Waals surface area contributed by atoms with Crippen molar-refractivity contribution in [3.63, 3.8) is 0 Å². The van der Waals surface area contributed by atoms with Crippen molar-refractivity contribution in [3.05, 3.63) is 83.8 Å². The molecule has 0 aliphatic carbocycles. The Hall–Kier alpha value is -3.76. The van der Waals surface area contributed by atoms with E-state index in [0.29, 0.717) is 29.8 Å². The maximum absolute atomic E-state index is 11.6. The molecule has 6 rings (SSSR count). The zero-order chi connectivity index (χ0) is 26.1. The van der Waals surface area contributed by atoms with Crippen LogP contribution in [-0.2, 0) is 4.74 Å². The van der Waals surface area contributed by atoms with Gasteiger partial charge >= 0.3 is 35.5 Å². The molecule has 5 aromatic rings. The number of rotatable bonds is 6. The fraction of sp³-hybridized carbons (Fsp3) is 0.172. The van der Waals surface area contributed by atoms with Gasteiger partial charge < -0.3 is 19.5 Å². The Bertz CT molecular complexity index is 1690. The van der Waals surface area contributed by atoms with Crippen LogP contribution in [0.4, 0.5) is 5.69 Å². The van der Waals surface area contributed by atoms with E-state index in [1.54, 1.807) is 31.5 Å². The maximum atomic E-state index is 11.6. The summed E-state index contributed by atoms with van der Waals surface area (Å²) < 4.78 is 12.9. The Balaban J connectivity index is 0.00000308. The van der Waals surface area contributed by atoms with Gasteiger partial charge in [-0.1, -0.05) is 18.2 Å². The monoisotopic (exact) mass is 531 g/mol. The molecular formula is C29H26N5NaO4. The predicted octanol–water partition coefficient (Wildman–Crippen LogP) is 4.01. The third-order valence-corrected chi connectivity index (χ3v) is 6.62. The van der Waals surface area contributed by atoms with E-state index in [9.17, 15) is 9.90 Å². The number of carbonyl (C=O) groups is 1. The first-order chi connectivity index (χ1) is 18.6. The second-order valence-corrected chi connectivity index (χ2v) is 8.88. The molecule has 192 valence electrons. The number of hydrogen-bond acceptors (Lipinski definition) is 7. The fourth-order valence-electron chi connectivity index (χ4n) is 4.77. The Kier molecular flexibility index (Phi) is 7.94. The molecule has 0 unspecified atom stereocenters. The Morgan fingerprint density at radius 1 is 1.03 bits per heavy atom. The number of fused-ring (bicyclic) bond motifs is 2. The predicted molar refractivity (Wildman–Crippen MR) is 153 cm³/mol. The van der Waals surface area contributed by atoms with Crippen LogP contribution in [0.1, 0.15) is 21.7 Å². The van der Waals surface area contributed by atoms with E-state index in [4.69, 9.17) is 14.5 Å². The average Bonchev–Trinajstić information content (AvgIpc) is 3.34. The van der Waals surface area contributed by atoms with Crippen molar-refractivity contribution in [1.82, 2.24) is 19.6 Å². The molecule has 2 aromatic carbocycles. The fourth-order valence-corrected chi connectivity index (χ4v) is 4.77. The van der Waals surface area contributed by atoms with Gasteiger partial charge in [0.15, 0.2) is 5.65 Å². The molecule has 0 bridgehead atoms. The van der Waals surface area contributed by atoms with Crippen molar-refractivity contribution < 1.29 is 19.4 Å². The average molecular weight is 532 g/mol. The van der Waals surface area contributed by atoms with Crippen LogP contribution in [0.2, 0.25) is 0 Å². The summed E-state index contributed by atoms with van der Waals surface area (Å²) >= 11 is 0. The van der Waals surface area contributed by atoms with Crippen LogP contribution in [0, 0.1) is 0 Å². The van der Waals surface area contributed by atoms with E-state index in [0.717, 1.165) is 47.1 Å². The van der Waals surface area contributed by atoms with E-state index >= 15 is 0 Å². The van der Waals surface area contributed by atoms with Crippen LogP contribution < -0.4 is 9.64 Å². The van der Waals surface area contributed by atoms with Crippen LogP contribution >= 0.6 is 0 Å². The zero-order valence-corrected chi connectivity index (χ0v) is 20.7. The molecule has 1 aliphatic heterocycles. The number of aromatic nitrogens is 4. The molecule has 3 aromatic heterocycles. The Morgan fingerprint density at radius 2 is 1.85 bits per heavy atom. The molecule has 0 amide bonds. The summed E-state index contributed by atoms with van der Waals surface area (Å²) in [5, 5.41) is 14.7. The zero-order valence-electron chi connectivity index (χ0n) is 20.7. The normalized spacial score (nSPS) is 13.6. The van der Waals surface area contributed by atoms with Gasteiger partial charge in [-0.25, -0.2) is 19.3 Å². The first-order valence-corrected chi connectivity index (χ1v) is 12.3. The molecule has 10 heteroatoms. The summed E-state index contributed by atoms with van der Waals surface area (Å²) in [4.78, 5) is 23.5. The summed E-state index contributed by atoms with van der Waals surface area (Å²) in [7, 11) is 1.64.